The van der Waals surface area contributed by atoms with Crippen LogP contribution in [0.4, 0.5) is 0 Å². The molecule has 0 bridgehead atoms. The molecule has 0 saturated carbocycles. The number of hydrogen-bond donors (Lipinski definition) is 1. The van der Waals surface area contributed by atoms with Gasteiger partial charge in [-0.1, -0.05) is 40.7 Å². The summed E-state index contributed by atoms with van der Waals surface area (Å²) >= 11 is 0. The molecule has 1 unspecified atom stereocenters. The Morgan fingerprint density at radius 1 is 1.26 bits per heavy atom. The standard InChI is InChI=1S/C17H24O2/c1-10-13(15(18)19)8-7-12-9-16(3,4)11(2)17(5,6)14(10)12/h7-8,11H,9H2,1-6H3,(H,18,19). The average molecular weight is 260 g/mol. The lowest BCUT2D eigenvalue weighted by atomic mass is 9.55. The van der Waals surface area contributed by atoms with Crippen LogP contribution in [0, 0.1) is 18.3 Å². The quantitative estimate of drug-likeness (QED) is 0.822. The smallest absolute Gasteiger partial charge is 0.335 e. The van der Waals surface area contributed by atoms with Crippen molar-refractivity contribution in [2.45, 2.75) is 53.4 Å². The van der Waals surface area contributed by atoms with E-state index in [0.29, 0.717) is 11.5 Å². The third-order valence-corrected chi connectivity index (χ3v) is 5.33. The minimum Gasteiger partial charge on any atom is -0.478 e. The molecule has 0 fully saturated rings. The van der Waals surface area contributed by atoms with Gasteiger partial charge in [0.25, 0.3) is 0 Å². The molecule has 1 aromatic carbocycles. The minimum absolute atomic E-state index is 0.00657. The number of aromatic carboxylic acids is 1. The molecule has 1 aliphatic rings. The van der Waals surface area contributed by atoms with Crippen molar-refractivity contribution in [1.82, 2.24) is 0 Å². The highest BCUT2D eigenvalue weighted by Crippen LogP contribution is 2.51. The summed E-state index contributed by atoms with van der Waals surface area (Å²) in [5.41, 5.74) is 4.20. The molecule has 0 heterocycles. The molecule has 0 aromatic heterocycles. The number of benzene rings is 1. The predicted octanol–water partition coefficient (Wildman–Crippen LogP) is 4.19. The molecular formula is C17H24O2. The van der Waals surface area contributed by atoms with E-state index in [-0.39, 0.29) is 10.8 Å². The van der Waals surface area contributed by atoms with Crippen molar-refractivity contribution in [3.63, 3.8) is 0 Å². The number of carbonyl (C=O) groups is 1. The SMILES string of the molecule is Cc1c(C(=O)O)ccc2c1C(C)(C)C(C)C(C)(C)C2. The monoisotopic (exact) mass is 260 g/mol. The first-order chi connectivity index (χ1) is 8.59. The normalized spacial score (nSPS) is 23.8. The second kappa shape index (κ2) is 4.09. The topological polar surface area (TPSA) is 37.3 Å². The van der Waals surface area contributed by atoms with Crippen molar-refractivity contribution < 1.29 is 9.90 Å². The molecule has 0 aliphatic heterocycles. The molecule has 1 aromatic rings. The zero-order valence-corrected chi connectivity index (χ0v) is 12.8. The largest absolute Gasteiger partial charge is 0.478 e. The molecule has 1 atom stereocenters. The van der Waals surface area contributed by atoms with E-state index in [2.05, 4.69) is 34.6 Å². The Hall–Kier alpha value is -1.31. The second-order valence-electron chi connectivity index (χ2n) is 7.19. The van der Waals surface area contributed by atoms with Crippen molar-refractivity contribution in [3.8, 4) is 0 Å². The molecule has 2 rings (SSSR count). The van der Waals surface area contributed by atoms with Crippen molar-refractivity contribution >= 4 is 5.97 Å². The van der Waals surface area contributed by atoms with Gasteiger partial charge in [0.05, 0.1) is 5.56 Å². The van der Waals surface area contributed by atoms with Gasteiger partial charge in [0.2, 0.25) is 0 Å². The fraction of sp³-hybridized carbons (Fsp3) is 0.588. The lowest BCUT2D eigenvalue weighted by molar-refractivity contribution is 0.0695. The van der Waals surface area contributed by atoms with Crippen molar-refractivity contribution in [2.24, 2.45) is 11.3 Å². The maximum absolute atomic E-state index is 11.3. The van der Waals surface area contributed by atoms with E-state index in [0.717, 1.165) is 12.0 Å². The number of carboxylic acid groups (broad SMARTS) is 1. The Kier molecular flexibility index (Phi) is 3.04. The van der Waals surface area contributed by atoms with Crippen LogP contribution >= 0.6 is 0 Å². The van der Waals surface area contributed by atoms with Crippen LogP contribution in [0.3, 0.4) is 0 Å². The van der Waals surface area contributed by atoms with Crippen molar-refractivity contribution in [2.75, 3.05) is 0 Å². The van der Waals surface area contributed by atoms with Crippen LogP contribution in [0.1, 0.15) is 61.7 Å². The van der Waals surface area contributed by atoms with E-state index in [9.17, 15) is 9.90 Å². The Balaban J connectivity index is 2.73. The minimum atomic E-state index is -0.825. The fourth-order valence-electron chi connectivity index (χ4n) is 3.88. The van der Waals surface area contributed by atoms with E-state index in [1.165, 1.54) is 11.1 Å². The fourth-order valence-corrected chi connectivity index (χ4v) is 3.88. The summed E-state index contributed by atoms with van der Waals surface area (Å²) in [7, 11) is 0. The molecule has 0 amide bonds. The van der Waals surface area contributed by atoms with Crippen LogP contribution in [0.5, 0.6) is 0 Å². The Morgan fingerprint density at radius 3 is 2.37 bits per heavy atom. The van der Waals surface area contributed by atoms with Gasteiger partial charge in [-0.15, -0.1) is 0 Å². The summed E-state index contributed by atoms with van der Waals surface area (Å²) in [5.74, 6) is -0.316. The summed E-state index contributed by atoms with van der Waals surface area (Å²) in [6.07, 6.45) is 1.02. The molecule has 0 spiro atoms. The highest BCUT2D eigenvalue weighted by atomic mass is 16.4. The first-order valence-corrected chi connectivity index (χ1v) is 6.95. The maximum Gasteiger partial charge on any atom is 0.335 e. The summed E-state index contributed by atoms with van der Waals surface area (Å²) in [6.45, 7) is 13.3. The van der Waals surface area contributed by atoms with Gasteiger partial charge in [-0.3, -0.25) is 0 Å². The van der Waals surface area contributed by atoms with Gasteiger partial charge in [0, 0.05) is 0 Å². The van der Waals surface area contributed by atoms with Crippen LogP contribution in [0.15, 0.2) is 12.1 Å². The van der Waals surface area contributed by atoms with E-state index in [1.54, 1.807) is 6.07 Å². The Labute approximate surface area is 115 Å². The predicted molar refractivity (Wildman–Crippen MR) is 77.8 cm³/mol. The van der Waals surface area contributed by atoms with E-state index < -0.39 is 5.97 Å². The summed E-state index contributed by atoms with van der Waals surface area (Å²) in [5, 5.41) is 9.31. The van der Waals surface area contributed by atoms with Gasteiger partial charge < -0.3 is 5.11 Å². The maximum atomic E-state index is 11.3. The molecule has 1 aliphatic carbocycles. The molecule has 0 radical (unpaired) electrons. The molecular weight excluding hydrogens is 236 g/mol. The molecule has 104 valence electrons. The first-order valence-electron chi connectivity index (χ1n) is 6.95. The van der Waals surface area contributed by atoms with Crippen LogP contribution in [0.25, 0.3) is 0 Å². The van der Waals surface area contributed by atoms with E-state index in [4.69, 9.17) is 0 Å². The summed E-state index contributed by atoms with van der Waals surface area (Å²) < 4.78 is 0. The van der Waals surface area contributed by atoms with Crippen LogP contribution in [-0.2, 0) is 11.8 Å². The van der Waals surface area contributed by atoms with Crippen LogP contribution < -0.4 is 0 Å². The number of carboxylic acids is 1. The van der Waals surface area contributed by atoms with Crippen LogP contribution in [0.2, 0.25) is 0 Å². The number of hydrogen-bond acceptors (Lipinski definition) is 1. The molecule has 1 N–H and O–H groups in total. The average Bonchev–Trinajstić information content (AvgIpc) is 2.25. The van der Waals surface area contributed by atoms with Gasteiger partial charge in [-0.25, -0.2) is 4.79 Å². The van der Waals surface area contributed by atoms with Gasteiger partial charge in [0.15, 0.2) is 0 Å². The lowest BCUT2D eigenvalue weighted by Crippen LogP contribution is -2.44. The van der Waals surface area contributed by atoms with Crippen molar-refractivity contribution in [3.05, 3.63) is 34.4 Å². The summed E-state index contributed by atoms with van der Waals surface area (Å²) in [6, 6.07) is 3.78. The van der Waals surface area contributed by atoms with E-state index in [1.807, 2.05) is 13.0 Å². The number of fused-ring (bicyclic) bond motifs is 1. The summed E-state index contributed by atoms with van der Waals surface area (Å²) in [4.78, 5) is 11.3. The zero-order valence-electron chi connectivity index (χ0n) is 12.8. The van der Waals surface area contributed by atoms with Gasteiger partial charge in [-0.05, 0) is 52.8 Å². The first kappa shape index (κ1) is 14.1. The highest BCUT2D eigenvalue weighted by molar-refractivity contribution is 5.90. The van der Waals surface area contributed by atoms with Gasteiger partial charge in [-0.2, -0.15) is 0 Å². The second-order valence-corrected chi connectivity index (χ2v) is 7.19. The molecule has 19 heavy (non-hydrogen) atoms. The highest BCUT2D eigenvalue weighted by Gasteiger charge is 2.45. The molecule has 2 nitrogen and oxygen atoms in total. The zero-order chi connectivity index (χ0) is 14.6. The third kappa shape index (κ3) is 1.98. The van der Waals surface area contributed by atoms with Crippen LogP contribution in [-0.4, -0.2) is 11.1 Å². The third-order valence-electron chi connectivity index (χ3n) is 5.33. The Morgan fingerprint density at radius 2 is 1.84 bits per heavy atom. The van der Waals surface area contributed by atoms with Gasteiger partial charge >= 0.3 is 5.97 Å². The molecule has 2 heteroatoms. The van der Waals surface area contributed by atoms with E-state index >= 15 is 0 Å². The molecule has 0 saturated heterocycles. The van der Waals surface area contributed by atoms with Crippen molar-refractivity contribution in [1.29, 1.82) is 0 Å². The Bertz CT molecular complexity index is 538. The number of rotatable bonds is 1. The lowest BCUT2D eigenvalue weighted by Gasteiger charge is -2.49. The van der Waals surface area contributed by atoms with Gasteiger partial charge in [0.1, 0.15) is 0 Å².